The number of hydrogen-bond acceptors (Lipinski definition) is 4. The zero-order chi connectivity index (χ0) is 11.5. The van der Waals surface area contributed by atoms with E-state index in [1.165, 1.54) is 0 Å². The first-order valence-corrected chi connectivity index (χ1v) is 5.02. The molecule has 0 unspecified atom stereocenters. The number of unbranched alkanes of at least 4 members (excludes halogenated alkanes) is 2. The van der Waals surface area contributed by atoms with Crippen molar-refractivity contribution in [3.63, 3.8) is 0 Å². The highest BCUT2D eigenvalue weighted by Crippen LogP contribution is 1.97. The number of carbonyl (C=O) groups is 2. The molecule has 0 aromatic carbocycles. The number of nitrogens with one attached hydrogen (secondary N) is 2. The van der Waals surface area contributed by atoms with E-state index < -0.39 is 11.9 Å². The monoisotopic (exact) mass is 218 g/mol. The summed E-state index contributed by atoms with van der Waals surface area (Å²) in [7, 11) is 0. The Kier molecular flexibility index (Phi) is 8.70. The van der Waals surface area contributed by atoms with Crippen LogP contribution < -0.4 is 10.9 Å². The van der Waals surface area contributed by atoms with Crippen molar-refractivity contribution in [2.75, 3.05) is 13.1 Å². The van der Waals surface area contributed by atoms with E-state index in [-0.39, 0.29) is 12.8 Å². The lowest BCUT2D eigenvalue weighted by molar-refractivity contribution is -0.138. The van der Waals surface area contributed by atoms with Gasteiger partial charge in [0, 0.05) is 19.5 Å². The molecule has 6 nitrogen and oxygen atoms in total. The van der Waals surface area contributed by atoms with Gasteiger partial charge < -0.3 is 10.2 Å². The van der Waals surface area contributed by atoms with Crippen molar-refractivity contribution in [2.24, 2.45) is 0 Å². The average Bonchev–Trinajstić information content (AvgIpc) is 2.14. The van der Waals surface area contributed by atoms with Crippen LogP contribution in [0, 0.1) is 0 Å². The first kappa shape index (κ1) is 13.9. The predicted octanol–water partition coefficient (Wildman–Crippen LogP) is 0.200. The highest BCUT2D eigenvalue weighted by atomic mass is 16.4. The van der Waals surface area contributed by atoms with Crippen LogP contribution in [0.2, 0.25) is 0 Å². The fraction of sp³-hybridized carbons (Fsp3) is 0.778. The topological polar surface area (TPSA) is 98.7 Å². The molecule has 0 saturated heterocycles. The number of aliphatic carboxylic acids is 2. The molecule has 0 bridgehead atoms. The van der Waals surface area contributed by atoms with Crippen molar-refractivity contribution < 1.29 is 19.8 Å². The van der Waals surface area contributed by atoms with Gasteiger partial charge in [0.15, 0.2) is 0 Å². The highest BCUT2D eigenvalue weighted by Gasteiger charge is 1.96. The fourth-order valence-electron chi connectivity index (χ4n) is 1.01. The van der Waals surface area contributed by atoms with Crippen LogP contribution in [0.1, 0.15) is 32.1 Å². The second kappa shape index (κ2) is 9.42. The SMILES string of the molecule is O=C(O)CCCCCNNCCC(=O)O. The molecule has 0 fully saturated rings. The normalized spacial score (nSPS) is 10.1. The Bertz CT molecular complexity index is 177. The van der Waals surface area contributed by atoms with Gasteiger partial charge in [-0.2, -0.15) is 0 Å². The van der Waals surface area contributed by atoms with Crippen LogP contribution in [-0.4, -0.2) is 35.2 Å². The molecule has 15 heavy (non-hydrogen) atoms. The lowest BCUT2D eigenvalue weighted by atomic mass is 10.2. The van der Waals surface area contributed by atoms with Gasteiger partial charge in [-0.05, 0) is 12.8 Å². The second-order valence-corrected chi connectivity index (χ2v) is 3.20. The maximum absolute atomic E-state index is 10.2. The Hall–Kier alpha value is -1.14. The molecule has 0 rings (SSSR count). The third-order valence-electron chi connectivity index (χ3n) is 1.78. The van der Waals surface area contributed by atoms with Crippen LogP contribution in [0.3, 0.4) is 0 Å². The molecule has 0 radical (unpaired) electrons. The average molecular weight is 218 g/mol. The summed E-state index contributed by atoms with van der Waals surface area (Å²) in [6.07, 6.45) is 2.73. The summed E-state index contributed by atoms with van der Waals surface area (Å²) < 4.78 is 0. The van der Waals surface area contributed by atoms with E-state index in [0.717, 1.165) is 19.4 Å². The number of carboxylic acid groups (broad SMARTS) is 2. The summed E-state index contributed by atoms with van der Waals surface area (Å²) >= 11 is 0. The number of hydrogen-bond donors (Lipinski definition) is 4. The Balaban J connectivity index is 2.99. The molecule has 0 heterocycles. The van der Waals surface area contributed by atoms with Crippen LogP contribution in [-0.2, 0) is 9.59 Å². The summed E-state index contributed by atoms with van der Waals surface area (Å²) in [5.74, 6) is -1.59. The molecular formula is C9H18N2O4. The lowest BCUT2D eigenvalue weighted by Gasteiger charge is -2.04. The van der Waals surface area contributed by atoms with Crippen LogP contribution in [0.25, 0.3) is 0 Å². The van der Waals surface area contributed by atoms with Crippen molar-refractivity contribution in [1.82, 2.24) is 10.9 Å². The van der Waals surface area contributed by atoms with E-state index >= 15 is 0 Å². The maximum Gasteiger partial charge on any atom is 0.304 e. The van der Waals surface area contributed by atoms with Gasteiger partial charge in [0.2, 0.25) is 0 Å². The Labute approximate surface area is 88.6 Å². The summed E-state index contributed by atoms with van der Waals surface area (Å²) in [5.41, 5.74) is 5.64. The molecule has 88 valence electrons. The van der Waals surface area contributed by atoms with E-state index in [4.69, 9.17) is 10.2 Å². The van der Waals surface area contributed by atoms with Gasteiger partial charge >= 0.3 is 11.9 Å². The zero-order valence-electron chi connectivity index (χ0n) is 8.66. The van der Waals surface area contributed by atoms with Crippen molar-refractivity contribution in [3.05, 3.63) is 0 Å². The van der Waals surface area contributed by atoms with E-state index in [0.29, 0.717) is 13.0 Å². The van der Waals surface area contributed by atoms with E-state index in [2.05, 4.69) is 10.9 Å². The van der Waals surface area contributed by atoms with Gasteiger partial charge in [-0.15, -0.1) is 0 Å². The summed E-state index contributed by atoms with van der Waals surface area (Å²) in [6.45, 7) is 1.11. The van der Waals surface area contributed by atoms with Crippen molar-refractivity contribution in [2.45, 2.75) is 32.1 Å². The zero-order valence-corrected chi connectivity index (χ0v) is 8.66. The van der Waals surface area contributed by atoms with Gasteiger partial charge in [-0.3, -0.25) is 20.4 Å². The van der Waals surface area contributed by atoms with Gasteiger partial charge in [0.25, 0.3) is 0 Å². The van der Waals surface area contributed by atoms with E-state index in [1.807, 2.05) is 0 Å². The maximum atomic E-state index is 10.2. The van der Waals surface area contributed by atoms with Crippen LogP contribution >= 0.6 is 0 Å². The first-order chi connectivity index (χ1) is 7.13. The summed E-state index contributed by atoms with van der Waals surface area (Å²) in [4.78, 5) is 20.3. The van der Waals surface area contributed by atoms with Crippen LogP contribution in [0.15, 0.2) is 0 Å². The minimum absolute atomic E-state index is 0.0893. The summed E-state index contributed by atoms with van der Waals surface area (Å²) in [5, 5.41) is 16.7. The smallest absolute Gasteiger partial charge is 0.304 e. The first-order valence-electron chi connectivity index (χ1n) is 5.02. The third-order valence-corrected chi connectivity index (χ3v) is 1.78. The van der Waals surface area contributed by atoms with Crippen molar-refractivity contribution >= 4 is 11.9 Å². The quantitative estimate of drug-likeness (QED) is 0.309. The third kappa shape index (κ3) is 12.9. The number of carboxylic acids is 2. The number of rotatable bonds is 10. The molecular weight excluding hydrogens is 200 g/mol. The highest BCUT2D eigenvalue weighted by molar-refractivity contribution is 5.67. The van der Waals surface area contributed by atoms with Crippen LogP contribution in [0.4, 0.5) is 0 Å². The van der Waals surface area contributed by atoms with Gasteiger partial charge in [0.1, 0.15) is 0 Å². The van der Waals surface area contributed by atoms with Crippen LogP contribution in [0.5, 0.6) is 0 Å². The Morgan fingerprint density at radius 2 is 1.40 bits per heavy atom. The minimum atomic E-state index is -0.828. The summed E-state index contributed by atoms with van der Waals surface area (Å²) in [6, 6.07) is 0. The lowest BCUT2D eigenvalue weighted by Crippen LogP contribution is -2.34. The molecule has 4 N–H and O–H groups in total. The second-order valence-electron chi connectivity index (χ2n) is 3.20. The Morgan fingerprint density at radius 3 is 2.00 bits per heavy atom. The fourth-order valence-corrected chi connectivity index (χ4v) is 1.01. The predicted molar refractivity (Wildman–Crippen MR) is 54.4 cm³/mol. The molecule has 0 aliphatic rings. The standard InChI is InChI=1S/C9H18N2O4/c12-8(13)4-2-1-3-6-10-11-7-5-9(14)15/h10-11H,1-7H2,(H,12,13)(H,14,15). The van der Waals surface area contributed by atoms with Gasteiger partial charge in [-0.25, -0.2) is 0 Å². The minimum Gasteiger partial charge on any atom is -0.481 e. The molecule has 0 aromatic heterocycles. The van der Waals surface area contributed by atoms with Gasteiger partial charge in [0.05, 0.1) is 6.42 Å². The van der Waals surface area contributed by atoms with E-state index in [9.17, 15) is 9.59 Å². The van der Waals surface area contributed by atoms with Crippen molar-refractivity contribution in [3.8, 4) is 0 Å². The molecule has 0 spiro atoms. The molecule has 0 aliphatic carbocycles. The van der Waals surface area contributed by atoms with Crippen molar-refractivity contribution in [1.29, 1.82) is 0 Å². The van der Waals surface area contributed by atoms with Gasteiger partial charge in [-0.1, -0.05) is 6.42 Å². The number of hydrazine groups is 1. The molecule has 0 aliphatic heterocycles. The molecule has 6 heteroatoms. The molecule has 0 aromatic rings. The molecule has 0 atom stereocenters. The van der Waals surface area contributed by atoms with E-state index in [1.54, 1.807) is 0 Å². The molecule has 0 amide bonds. The largest absolute Gasteiger partial charge is 0.481 e. The molecule has 0 saturated carbocycles. The Morgan fingerprint density at radius 1 is 0.800 bits per heavy atom.